The molecule has 0 unspecified atom stereocenters. The third-order valence-electron chi connectivity index (χ3n) is 8.14. The number of alkyl halides is 9. The van der Waals surface area contributed by atoms with Gasteiger partial charge in [-0.25, -0.2) is 4.79 Å². The quantitative estimate of drug-likeness (QED) is 0.143. The second kappa shape index (κ2) is 13.2. The zero-order valence-electron chi connectivity index (χ0n) is 26.2. The molecule has 8 nitrogen and oxygen atoms in total. The van der Waals surface area contributed by atoms with Gasteiger partial charge >= 0.3 is 24.5 Å². The van der Waals surface area contributed by atoms with Gasteiger partial charge in [0.25, 0.3) is 5.95 Å². The van der Waals surface area contributed by atoms with Crippen molar-refractivity contribution >= 4 is 17.6 Å². The highest BCUT2D eigenvalue weighted by Crippen LogP contribution is 2.44. The number of rotatable bonds is 7. The van der Waals surface area contributed by atoms with E-state index < -0.39 is 53.8 Å². The van der Waals surface area contributed by atoms with Crippen molar-refractivity contribution in [1.82, 2.24) is 20.2 Å². The molecule has 0 fully saturated rings. The molecule has 4 aromatic rings. The van der Waals surface area contributed by atoms with E-state index >= 15 is 0 Å². The van der Waals surface area contributed by atoms with E-state index in [2.05, 4.69) is 15.4 Å². The van der Waals surface area contributed by atoms with Crippen LogP contribution in [0.25, 0.3) is 0 Å². The molecular formula is C32H29F9N6O2. The molecule has 3 aromatic carbocycles. The first-order valence-electron chi connectivity index (χ1n) is 14.8. The molecule has 2 heterocycles. The summed E-state index contributed by atoms with van der Waals surface area (Å²) in [4.78, 5) is 16.2. The van der Waals surface area contributed by atoms with Gasteiger partial charge in [-0.05, 0) is 83.6 Å². The lowest BCUT2D eigenvalue weighted by Gasteiger charge is -2.33. The van der Waals surface area contributed by atoms with Crippen LogP contribution in [0.3, 0.4) is 0 Å². The second-order valence-electron chi connectivity index (χ2n) is 11.6. The number of methoxy groups -OCH3 is 1. The summed E-state index contributed by atoms with van der Waals surface area (Å²) in [6, 6.07) is 8.97. The smallest absolute Gasteiger partial charge is 0.416 e. The molecule has 0 saturated carbocycles. The lowest BCUT2D eigenvalue weighted by Crippen LogP contribution is -2.30. The first kappa shape index (κ1) is 35.5. The van der Waals surface area contributed by atoms with Crippen LogP contribution in [-0.2, 0) is 43.4 Å². The fourth-order valence-corrected chi connectivity index (χ4v) is 5.96. The summed E-state index contributed by atoms with van der Waals surface area (Å²) in [5.74, 6) is -0.759. The van der Waals surface area contributed by atoms with Crippen LogP contribution >= 0.6 is 0 Å². The number of carbonyl (C=O) groups is 1. The maximum absolute atomic E-state index is 14.2. The van der Waals surface area contributed by atoms with Crippen LogP contribution in [0.15, 0.2) is 54.6 Å². The van der Waals surface area contributed by atoms with E-state index in [-0.39, 0.29) is 53.9 Å². The number of nitrogens with zero attached hydrogens (tertiary/aromatic N) is 6. The molecule has 0 aliphatic carbocycles. The Kier molecular flexibility index (Phi) is 9.58. The Morgan fingerprint density at radius 2 is 1.59 bits per heavy atom. The van der Waals surface area contributed by atoms with Gasteiger partial charge in [0.1, 0.15) is 0 Å². The molecule has 0 radical (unpaired) electrons. The first-order chi connectivity index (χ1) is 22.8. The molecule has 1 aliphatic rings. The van der Waals surface area contributed by atoms with Crippen molar-refractivity contribution in [2.24, 2.45) is 7.05 Å². The highest BCUT2D eigenvalue weighted by molar-refractivity contribution is 5.89. The van der Waals surface area contributed by atoms with E-state index in [4.69, 9.17) is 4.74 Å². The van der Waals surface area contributed by atoms with E-state index in [1.54, 1.807) is 23.1 Å². The van der Waals surface area contributed by atoms with Crippen LogP contribution < -0.4 is 9.80 Å². The standard InChI is InChI=1S/C32H29F9N6O2/c1-18-10-24-26(47(29-42-44-45(2)43-29)17-20-12-22(30(33,34)35)14-23(13-20)31(36,37)38)8-5-9-46(27(24)15-25(18)32(39,40)41)16-19-6-4-7-21(11-19)28(48)49-3/h4,6-7,10-15,26H,5,8-9,16-17H2,1-3H3/t26-/m0/s1. The molecule has 1 atom stereocenters. The molecule has 1 aliphatic heterocycles. The highest BCUT2D eigenvalue weighted by atomic mass is 19.4. The third-order valence-corrected chi connectivity index (χ3v) is 8.14. The minimum atomic E-state index is -5.10. The van der Waals surface area contributed by atoms with Crippen LogP contribution in [0.5, 0.6) is 0 Å². The number of ether oxygens (including phenoxy) is 1. The van der Waals surface area contributed by atoms with Gasteiger partial charge in [0, 0.05) is 25.3 Å². The van der Waals surface area contributed by atoms with Gasteiger partial charge in [-0.3, -0.25) is 0 Å². The molecule has 0 amide bonds. The number of carbonyl (C=O) groups excluding carboxylic acids is 1. The number of halogens is 9. The Bertz CT molecular complexity index is 1800. The average Bonchev–Trinajstić information content (AvgIpc) is 3.37. The summed E-state index contributed by atoms with van der Waals surface area (Å²) >= 11 is 0. The predicted molar refractivity (Wildman–Crippen MR) is 158 cm³/mol. The number of aryl methyl sites for hydroxylation is 2. The largest absolute Gasteiger partial charge is 0.465 e. The summed E-state index contributed by atoms with van der Waals surface area (Å²) in [5, 5.41) is 11.9. The fraction of sp³-hybridized carbons (Fsp3) is 0.375. The number of hydrogen-bond donors (Lipinski definition) is 0. The molecule has 0 saturated heterocycles. The van der Waals surface area contributed by atoms with E-state index in [1.165, 1.54) is 38.1 Å². The topological polar surface area (TPSA) is 76.4 Å². The van der Waals surface area contributed by atoms with Gasteiger partial charge in [-0.15, -0.1) is 5.10 Å². The Labute approximate surface area is 274 Å². The van der Waals surface area contributed by atoms with Gasteiger partial charge in [0.15, 0.2) is 0 Å². The number of esters is 1. The highest BCUT2D eigenvalue weighted by Gasteiger charge is 2.39. The van der Waals surface area contributed by atoms with Crippen LogP contribution in [0.4, 0.5) is 51.1 Å². The fourth-order valence-electron chi connectivity index (χ4n) is 5.96. The van der Waals surface area contributed by atoms with Crippen LogP contribution in [0, 0.1) is 6.92 Å². The van der Waals surface area contributed by atoms with E-state index in [0.29, 0.717) is 29.7 Å². The second-order valence-corrected chi connectivity index (χ2v) is 11.6. The molecule has 49 heavy (non-hydrogen) atoms. The van der Waals surface area contributed by atoms with Gasteiger partial charge in [0.2, 0.25) is 0 Å². The number of tetrazole rings is 1. The lowest BCUT2D eigenvalue weighted by atomic mass is 9.94. The monoisotopic (exact) mass is 700 g/mol. The summed E-state index contributed by atoms with van der Waals surface area (Å²) in [6.45, 7) is 0.985. The minimum Gasteiger partial charge on any atom is -0.465 e. The van der Waals surface area contributed by atoms with Crippen molar-refractivity contribution in [2.45, 2.75) is 57.4 Å². The maximum Gasteiger partial charge on any atom is 0.416 e. The molecule has 1 aromatic heterocycles. The van der Waals surface area contributed by atoms with Gasteiger partial charge < -0.3 is 14.5 Å². The molecular weight excluding hydrogens is 671 g/mol. The Hall–Kier alpha value is -4.83. The van der Waals surface area contributed by atoms with E-state index in [9.17, 15) is 44.3 Å². The van der Waals surface area contributed by atoms with E-state index in [0.717, 1.165) is 10.9 Å². The third kappa shape index (κ3) is 7.91. The number of benzene rings is 3. The number of anilines is 2. The summed E-state index contributed by atoms with van der Waals surface area (Å²) < 4.78 is 130. The van der Waals surface area contributed by atoms with Gasteiger partial charge in [-0.2, -0.15) is 44.3 Å². The van der Waals surface area contributed by atoms with Crippen molar-refractivity contribution in [3.8, 4) is 0 Å². The number of aromatic nitrogens is 4. The molecule has 0 N–H and O–H groups in total. The zero-order valence-corrected chi connectivity index (χ0v) is 26.2. The van der Waals surface area contributed by atoms with Crippen molar-refractivity contribution in [3.63, 3.8) is 0 Å². The summed E-state index contributed by atoms with van der Waals surface area (Å²) in [6.07, 6.45) is -14.4. The van der Waals surface area contributed by atoms with Crippen LogP contribution in [0.1, 0.15) is 68.2 Å². The normalized spacial score (nSPS) is 15.5. The number of hydrogen-bond acceptors (Lipinski definition) is 7. The number of fused-ring (bicyclic) bond motifs is 1. The minimum absolute atomic E-state index is 0.0183. The Morgan fingerprint density at radius 1 is 0.918 bits per heavy atom. The van der Waals surface area contributed by atoms with Crippen molar-refractivity contribution < 1.29 is 49.0 Å². The van der Waals surface area contributed by atoms with Gasteiger partial charge in [-0.1, -0.05) is 23.3 Å². The zero-order chi connectivity index (χ0) is 35.9. The molecule has 17 heteroatoms. The summed E-state index contributed by atoms with van der Waals surface area (Å²) in [7, 11) is 2.62. The molecule has 5 rings (SSSR count). The first-order valence-corrected chi connectivity index (χ1v) is 14.8. The Balaban J connectivity index is 1.66. The predicted octanol–water partition coefficient (Wildman–Crippen LogP) is 7.91. The van der Waals surface area contributed by atoms with Crippen LogP contribution in [-0.4, -0.2) is 39.8 Å². The molecule has 0 bridgehead atoms. The average molecular weight is 701 g/mol. The van der Waals surface area contributed by atoms with Crippen LogP contribution in [0.2, 0.25) is 0 Å². The molecule has 262 valence electrons. The Morgan fingerprint density at radius 3 is 2.16 bits per heavy atom. The van der Waals surface area contributed by atoms with Crippen molar-refractivity contribution in [3.05, 3.63) is 99.1 Å². The van der Waals surface area contributed by atoms with Crippen molar-refractivity contribution in [2.75, 3.05) is 23.5 Å². The van der Waals surface area contributed by atoms with Crippen molar-refractivity contribution in [1.29, 1.82) is 0 Å². The molecule has 0 spiro atoms. The lowest BCUT2D eigenvalue weighted by molar-refractivity contribution is -0.143. The van der Waals surface area contributed by atoms with E-state index in [1.807, 2.05) is 0 Å². The summed E-state index contributed by atoms with van der Waals surface area (Å²) in [5.41, 5.74) is -3.20. The maximum atomic E-state index is 14.2. The SMILES string of the molecule is COC(=O)c1cccc(CN2CCC[C@H](N(Cc3cc(C(F)(F)F)cc(C(F)(F)F)c3)c3nnn(C)n3)c3cc(C)c(C(F)(F)F)cc32)c1. The van der Waals surface area contributed by atoms with Gasteiger partial charge in [0.05, 0.1) is 42.5 Å².